The standard InChI is InChI=1S/C15H10ClFO2S/c1-8-11-6-9(17)2-4-13(11)19-15(8)12(18)7-10-3-5-14(16)20-10/h2-6H,7H2,1H3. The maximum absolute atomic E-state index is 13.2. The molecular weight excluding hydrogens is 299 g/mol. The highest BCUT2D eigenvalue weighted by Gasteiger charge is 2.18. The van der Waals surface area contributed by atoms with Crippen LogP contribution in [0.25, 0.3) is 11.0 Å². The molecule has 0 aliphatic rings. The highest BCUT2D eigenvalue weighted by atomic mass is 35.5. The van der Waals surface area contributed by atoms with Crippen LogP contribution < -0.4 is 0 Å². The van der Waals surface area contributed by atoms with E-state index in [9.17, 15) is 9.18 Å². The van der Waals surface area contributed by atoms with Crippen molar-refractivity contribution in [2.24, 2.45) is 0 Å². The van der Waals surface area contributed by atoms with Crippen LogP contribution in [-0.2, 0) is 6.42 Å². The van der Waals surface area contributed by atoms with E-state index in [0.717, 1.165) is 4.88 Å². The molecule has 2 nitrogen and oxygen atoms in total. The van der Waals surface area contributed by atoms with Gasteiger partial charge in [-0.1, -0.05) is 11.6 Å². The van der Waals surface area contributed by atoms with Crippen LogP contribution in [0, 0.1) is 12.7 Å². The summed E-state index contributed by atoms with van der Waals surface area (Å²) >= 11 is 7.21. The Morgan fingerprint density at radius 2 is 2.15 bits per heavy atom. The average Bonchev–Trinajstić information content (AvgIpc) is 2.94. The molecule has 0 saturated heterocycles. The molecule has 2 heterocycles. The SMILES string of the molecule is Cc1c(C(=O)Cc2ccc(Cl)s2)oc2ccc(F)cc12. The highest BCUT2D eigenvalue weighted by Crippen LogP contribution is 2.28. The van der Waals surface area contributed by atoms with Gasteiger partial charge in [-0.25, -0.2) is 4.39 Å². The van der Waals surface area contributed by atoms with Crippen molar-refractivity contribution in [3.8, 4) is 0 Å². The molecule has 0 fully saturated rings. The smallest absolute Gasteiger partial charge is 0.203 e. The van der Waals surface area contributed by atoms with Crippen molar-refractivity contribution in [3.05, 3.63) is 56.7 Å². The summed E-state index contributed by atoms with van der Waals surface area (Å²) in [5.74, 6) is -0.182. The van der Waals surface area contributed by atoms with Crippen molar-refractivity contribution in [3.63, 3.8) is 0 Å². The number of thiophene rings is 1. The fraction of sp³-hybridized carbons (Fsp3) is 0.133. The van der Waals surface area contributed by atoms with E-state index in [2.05, 4.69) is 0 Å². The van der Waals surface area contributed by atoms with Gasteiger partial charge in [0.15, 0.2) is 5.76 Å². The summed E-state index contributed by atoms with van der Waals surface area (Å²) in [6, 6.07) is 7.82. The Morgan fingerprint density at radius 3 is 2.85 bits per heavy atom. The number of hydrogen-bond donors (Lipinski definition) is 0. The van der Waals surface area contributed by atoms with E-state index in [-0.39, 0.29) is 23.8 Å². The lowest BCUT2D eigenvalue weighted by Crippen LogP contribution is -2.02. The van der Waals surface area contributed by atoms with Crippen LogP contribution in [0.5, 0.6) is 0 Å². The quantitative estimate of drug-likeness (QED) is 0.636. The molecule has 0 amide bonds. The van der Waals surface area contributed by atoms with E-state index in [1.54, 1.807) is 13.0 Å². The summed E-state index contributed by atoms with van der Waals surface area (Å²) in [6.45, 7) is 1.76. The zero-order valence-corrected chi connectivity index (χ0v) is 12.1. The van der Waals surface area contributed by atoms with E-state index in [4.69, 9.17) is 16.0 Å². The maximum Gasteiger partial charge on any atom is 0.203 e. The minimum atomic E-state index is -0.342. The number of Topliss-reactive ketones (excluding diaryl/α,β-unsaturated/α-hetero) is 1. The van der Waals surface area contributed by atoms with Crippen LogP contribution in [0.15, 0.2) is 34.7 Å². The maximum atomic E-state index is 13.2. The predicted octanol–water partition coefficient (Wildman–Crippen LogP) is 5.02. The number of hydrogen-bond acceptors (Lipinski definition) is 3. The van der Waals surface area contributed by atoms with Gasteiger partial charge >= 0.3 is 0 Å². The second-order valence-corrected chi connectivity index (χ2v) is 6.30. The summed E-state index contributed by atoms with van der Waals surface area (Å²) in [5, 5.41) is 0.637. The lowest BCUT2D eigenvalue weighted by Gasteiger charge is -1.96. The van der Waals surface area contributed by atoms with E-state index < -0.39 is 0 Å². The lowest BCUT2D eigenvalue weighted by molar-refractivity contribution is 0.0968. The fourth-order valence-electron chi connectivity index (χ4n) is 2.14. The van der Waals surface area contributed by atoms with Crippen LogP contribution in [0.1, 0.15) is 21.0 Å². The molecule has 2 aromatic heterocycles. The molecule has 0 spiro atoms. The Morgan fingerprint density at radius 1 is 1.35 bits per heavy atom. The van der Waals surface area contributed by atoms with Gasteiger partial charge in [0, 0.05) is 22.2 Å². The third kappa shape index (κ3) is 2.37. The van der Waals surface area contributed by atoms with Gasteiger partial charge in [-0.3, -0.25) is 4.79 Å². The van der Waals surface area contributed by atoms with E-state index >= 15 is 0 Å². The van der Waals surface area contributed by atoms with Crippen molar-refractivity contribution in [1.82, 2.24) is 0 Å². The third-order valence-corrected chi connectivity index (χ3v) is 4.35. The lowest BCUT2D eigenvalue weighted by atomic mass is 10.1. The normalized spacial score (nSPS) is 11.2. The van der Waals surface area contributed by atoms with Gasteiger partial charge in [-0.15, -0.1) is 11.3 Å². The van der Waals surface area contributed by atoms with Crippen molar-refractivity contribution in [2.45, 2.75) is 13.3 Å². The third-order valence-electron chi connectivity index (χ3n) is 3.12. The number of rotatable bonds is 3. The molecule has 3 aromatic rings. The summed E-state index contributed by atoms with van der Waals surface area (Å²) in [5.41, 5.74) is 1.20. The molecule has 102 valence electrons. The molecule has 0 atom stereocenters. The molecule has 0 unspecified atom stereocenters. The Bertz CT molecular complexity index is 803. The van der Waals surface area contributed by atoms with Gasteiger partial charge in [-0.2, -0.15) is 0 Å². The summed E-state index contributed by atoms with van der Waals surface area (Å²) < 4.78 is 19.4. The number of halogens is 2. The van der Waals surface area contributed by atoms with Gasteiger partial charge in [0.2, 0.25) is 5.78 Å². The number of ketones is 1. The van der Waals surface area contributed by atoms with Crippen LogP contribution in [-0.4, -0.2) is 5.78 Å². The first-order chi connectivity index (χ1) is 9.54. The number of carbonyl (C=O) groups excluding carboxylic acids is 1. The van der Waals surface area contributed by atoms with E-state index in [0.29, 0.717) is 20.9 Å². The minimum Gasteiger partial charge on any atom is -0.453 e. The largest absolute Gasteiger partial charge is 0.453 e. The zero-order chi connectivity index (χ0) is 14.3. The van der Waals surface area contributed by atoms with Gasteiger partial charge in [0.25, 0.3) is 0 Å². The average molecular weight is 309 g/mol. The van der Waals surface area contributed by atoms with Gasteiger partial charge < -0.3 is 4.42 Å². The number of aryl methyl sites for hydroxylation is 1. The second-order valence-electron chi connectivity index (χ2n) is 4.50. The number of fused-ring (bicyclic) bond motifs is 1. The summed E-state index contributed by atoms with van der Waals surface area (Å²) in [7, 11) is 0. The molecule has 0 radical (unpaired) electrons. The Kier molecular flexibility index (Phi) is 3.36. The fourth-order valence-corrected chi connectivity index (χ4v) is 3.23. The van der Waals surface area contributed by atoms with Gasteiger partial charge in [-0.05, 0) is 37.3 Å². The van der Waals surface area contributed by atoms with Crippen molar-refractivity contribution >= 4 is 39.7 Å². The van der Waals surface area contributed by atoms with E-state index in [1.165, 1.54) is 29.5 Å². The molecule has 0 aliphatic carbocycles. The first-order valence-corrected chi connectivity index (χ1v) is 7.20. The van der Waals surface area contributed by atoms with Crippen molar-refractivity contribution in [2.75, 3.05) is 0 Å². The molecular formula is C15H10ClFO2S. The topological polar surface area (TPSA) is 30.2 Å². The van der Waals surface area contributed by atoms with Crippen LogP contribution in [0.4, 0.5) is 4.39 Å². The Hall–Kier alpha value is -1.65. The zero-order valence-electron chi connectivity index (χ0n) is 10.6. The summed E-state index contributed by atoms with van der Waals surface area (Å²) in [6.07, 6.45) is 0.237. The number of benzene rings is 1. The molecule has 0 aliphatic heterocycles. The molecule has 0 saturated carbocycles. The molecule has 0 bridgehead atoms. The van der Waals surface area contributed by atoms with Crippen molar-refractivity contribution < 1.29 is 13.6 Å². The monoisotopic (exact) mass is 308 g/mol. The molecule has 3 rings (SSSR count). The number of carbonyl (C=O) groups is 1. The molecule has 0 N–H and O–H groups in total. The minimum absolute atomic E-state index is 0.127. The highest BCUT2D eigenvalue weighted by molar-refractivity contribution is 7.16. The Labute approximate surface area is 123 Å². The van der Waals surface area contributed by atoms with Crippen molar-refractivity contribution in [1.29, 1.82) is 0 Å². The molecule has 1 aromatic carbocycles. The first kappa shape index (κ1) is 13.3. The molecule has 20 heavy (non-hydrogen) atoms. The van der Waals surface area contributed by atoms with Gasteiger partial charge in [0.1, 0.15) is 11.4 Å². The first-order valence-electron chi connectivity index (χ1n) is 6.00. The predicted molar refractivity (Wildman–Crippen MR) is 78.3 cm³/mol. The summed E-state index contributed by atoms with van der Waals surface area (Å²) in [4.78, 5) is 13.2. The van der Waals surface area contributed by atoms with Crippen LogP contribution in [0.2, 0.25) is 4.34 Å². The second kappa shape index (κ2) is 5.04. The molecule has 5 heteroatoms. The Balaban J connectivity index is 1.97. The van der Waals surface area contributed by atoms with Gasteiger partial charge in [0.05, 0.1) is 4.34 Å². The van der Waals surface area contributed by atoms with E-state index in [1.807, 2.05) is 6.07 Å². The number of furan rings is 1. The van der Waals surface area contributed by atoms with Crippen LogP contribution in [0.3, 0.4) is 0 Å². The van der Waals surface area contributed by atoms with Crippen LogP contribution >= 0.6 is 22.9 Å².